The number of aryl methyl sites for hydroxylation is 1. The van der Waals surface area contributed by atoms with Gasteiger partial charge in [0.15, 0.2) is 0 Å². The van der Waals surface area contributed by atoms with Gasteiger partial charge in [-0.1, -0.05) is 84.9 Å². The second-order valence-electron chi connectivity index (χ2n) is 7.94. The molecule has 0 saturated heterocycles. The Hall–Kier alpha value is -3.82. The van der Waals surface area contributed by atoms with Crippen LogP contribution >= 0.6 is 11.3 Å². The molecule has 0 aliphatic heterocycles. The molecule has 32 heavy (non-hydrogen) atoms. The average Bonchev–Trinajstić information content (AvgIpc) is 3.22. The van der Waals surface area contributed by atoms with Crippen molar-refractivity contribution < 1.29 is 0 Å². The van der Waals surface area contributed by atoms with Gasteiger partial charge in [0.2, 0.25) is 0 Å². The highest BCUT2D eigenvalue weighted by Crippen LogP contribution is 2.36. The quantitative estimate of drug-likeness (QED) is 0.284. The Bertz CT molecular complexity index is 1560. The summed E-state index contributed by atoms with van der Waals surface area (Å²) in [4.78, 5) is 9.47. The van der Waals surface area contributed by atoms with E-state index in [0.29, 0.717) is 0 Å². The molecule has 0 aliphatic carbocycles. The van der Waals surface area contributed by atoms with Crippen LogP contribution in [-0.2, 0) is 0 Å². The molecule has 0 spiro atoms. The Kier molecular flexibility index (Phi) is 4.55. The lowest BCUT2D eigenvalue weighted by molar-refractivity contribution is 1.06. The van der Waals surface area contributed by atoms with Crippen LogP contribution in [0.1, 0.15) is 5.82 Å². The Morgan fingerprint density at radius 1 is 0.500 bits per heavy atom. The Morgan fingerprint density at radius 2 is 1.09 bits per heavy atom. The largest absolute Gasteiger partial charge is 0.233 e. The summed E-state index contributed by atoms with van der Waals surface area (Å²) in [5.41, 5.74) is 6.55. The van der Waals surface area contributed by atoms with E-state index in [1.807, 2.05) is 24.3 Å². The van der Waals surface area contributed by atoms with E-state index in [1.54, 1.807) is 0 Å². The number of thiophene rings is 1. The topological polar surface area (TPSA) is 25.8 Å². The molecule has 0 saturated carbocycles. The third-order valence-electron chi connectivity index (χ3n) is 5.80. The molecule has 0 bridgehead atoms. The molecule has 152 valence electrons. The zero-order valence-corrected chi connectivity index (χ0v) is 18.4. The molecule has 6 aromatic rings. The molecule has 6 rings (SSSR count). The van der Waals surface area contributed by atoms with Gasteiger partial charge in [0.05, 0.1) is 11.4 Å². The molecule has 0 N–H and O–H groups in total. The maximum Gasteiger partial charge on any atom is 0.126 e. The van der Waals surface area contributed by atoms with Crippen LogP contribution in [0.5, 0.6) is 0 Å². The minimum Gasteiger partial charge on any atom is -0.233 e. The van der Waals surface area contributed by atoms with Crippen LogP contribution in [0, 0.1) is 6.92 Å². The number of nitrogens with zero attached hydrogens (tertiary/aromatic N) is 2. The van der Waals surface area contributed by atoms with E-state index in [-0.39, 0.29) is 0 Å². The number of hydrogen-bond donors (Lipinski definition) is 0. The summed E-state index contributed by atoms with van der Waals surface area (Å²) in [7, 11) is 0. The van der Waals surface area contributed by atoms with Gasteiger partial charge in [0.25, 0.3) is 0 Å². The number of rotatable bonds is 3. The smallest absolute Gasteiger partial charge is 0.126 e. The van der Waals surface area contributed by atoms with Crippen molar-refractivity contribution in [3.8, 4) is 33.6 Å². The van der Waals surface area contributed by atoms with Crippen molar-refractivity contribution in [1.82, 2.24) is 9.97 Å². The van der Waals surface area contributed by atoms with Crippen molar-refractivity contribution in [3.63, 3.8) is 0 Å². The molecule has 0 fully saturated rings. The summed E-state index contributed by atoms with van der Waals surface area (Å²) in [6, 6.07) is 36.4. The molecule has 3 heteroatoms. The van der Waals surface area contributed by atoms with E-state index in [9.17, 15) is 0 Å². The van der Waals surface area contributed by atoms with Gasteiger partial charge >= 0.3 is 0 Å². The molecule has 4 aromatic carbocycles. The van der Waals surface area contributed by atoms with E-state index in [2.05, 4.69) is 97.1 Å². The predicted molar refractivity (Wildman–Crippen MR) is 136 cm³/mol. The van der Waals surface area contributed by atoms with E-state index in [4.69, 9.17) is 9.97 Å². The zero-order valence-electron chi connectivity index (χ0n) is 17.6. The normalized spacial score (nSPS) is 11.3. The first kappa shape index (κ1) is 18.9. The molecule has 0 amide bonds. The Balaban J connectivity index is 1.40. The lowest BCUT2D eigenvalue weighted by Gasteiger charge is -2.08. The summed E-state index contributed by atoms with van der Waals surface area (Å²) in [6.45, 7) is 1.96. The number of aromatic nitrogens is 2. The molecule has 0 aliphatic rings. The van der Waals surface area contributed by atoms with E-state index in [0.717, 1.165) is 28.3 Å². The first-order chi connectivity index (χ1) is 15.7. The van der Waals surface area contributed by atoms with Gasteiger partial charge in [0, 0.05) is 31.3 Å². The molecule has 2 aromatic heterocycles. The molecule has 2 heterocycles. The number of benzene rings is 4. The summed E-state index contributed by atoms with van der Waals surface area (Å²) in [5, 5.41) is 2.62. The molecular formula is C29H20N2S. The number of fused-ring (bicyclic) bond motifs is 3. The summed E-state index contributed by atoms with van der Waals surface area (Å²) in [6.07, 6.45) is 0. The van der Waals surface area contributed by atoms with Gasteiger partial charge in [-0.15, -0.1) is 11.3 Å². The minimum atomic E-state index is 0.779. The van der Waals surface area contributed by atoms with Gasteiger partial charge in [-0.3, -0.25) is 0 Å². The molecule has 0 unspecified atom stereocenters. The maximum absolute atomic E-state index is 4.75. The van der Waals surface area contributed by atoms with Crippen LogP contribution in [0.25, 0.3) is 53.8 Å². The van der Waals surface area contributed by atoms with Gasteiger partial charge in [-0.05, 0) is 36.2 Å². The van der Waals surface area contributed by atoms with Crippen molar-refractivity contribution >= 4 is 31.5 Å². The third-order valence-corrected chi connectivity index (χ3v) is 6.93. The first-order valence-corrected chi connectivity index (χ1v) is 11.5. The standard InChI is InChI=1S/C29H20N2S/c1-19-30-26(22-13-11-21(12-14-22)20-7-3-2-4-8-20)18-27(31-19)23-15-16-25-24-9-5-6-10-28(24)32-29(25)17-23/h2-18H,1H3. The van der Waals surface area contributed by atoms with Crippen LogP contribution in [0.15, 0.2) is 103 Å². The Labute approximate surface area is 190 Å². The van der Waals surface area contributed by atoms with Crippen LogP contribution in [0.2, 0.25) is 0 Å². The SMILES string of the molecule is Cc1nc(-c2ccc(-c3ccccc3)cc2)cc(-c2ccc3c(c2)sc2ccccc23)n1. The van der Waals surface area contributed by atoms with Crippen molar-refractivity contribution in [2.45, 2.75) is 6.92 Å². The second-order valence-corrected chi connectivity index (χ2v) is 9.02. The van der Waals surface area contributed by atoms with Crippen LogP contribution in [0.4, 0.5) is 0 Å². The lowest BCUT2D eigenvalue weighted by Crippen LogP contribution is -1.94. The molecular weight excluding hydrogens is 408 g/mol. The van der Waals surface area contributed by atoms with Crippen molar-refractivity contribution in [2.75, 3.05) is 0 Å². The van der Waals surface area contributed by atoms with E-state index in [1.165, 1.54) is 31.3 Å². The predicted octanol–water partition coefficient (Wildman–Crippen LogP) is 8.15. The summed E-state index contributed by atoms with van der Waals surface area (Å²) < 4.78 is 2.60. The highest BCUT2D eigenvalue weighted by molar-refractivity contribution is 7.25. The zero-order chi connectivity index (χ0) is 21.5. The average molecular weight is 429 g/mol. The van der Waals surface area contributed by atoms with Crippen molar-refractivity contribution in [3.05, 3.63) is 109 Å². The first-order valence-electron chi connectivity index (χ1n) is 10.7. The highest BCUT2D eigenvalue weighted by Gasteiger charge is 2.10. The lowest BCUT2D eigenvalue weighted by atomic mass is 10.0. The molecule has 2 nitrogen and oxygen atoms in total. The Morgan fingerprint density at radius 3 is 1.91 bits per heavy atom. The van der Waals surface area contributed by atoms with Gasteiger partial charge < -0.3 is 0 Å². The minimum absolute atomic E-state index is 0.779. The monoisotopic (exact) mass is 428 g/mol. The molecule has 0 atom stereocenters. The van der Waals surface area contributed by atoms with Crippen LogP contribution < -0.4 is 0 Å². The van der Waals surface area contributed by atoms with Gasteiger partial charge in [-0.25, -0.2) is 9.97 Å². The van der Waals surface area contributed by atoms with E-state index >= 15 is 0 Å². The fraction of sp³-hybridized carbons (Fsp3) is 0.0345. The van der Waals surface area contributed by atoms with Gasteiger partial charge in [-0.2, -0.15) is 0 Å². The van der Waals surface area contributed by atoms with Crippen LogP contribution in [0.3, 0.4) is 0 Å². The van der Waals surface area contributed by atoms with Crippen molar-refractivity contribution in [2.24, 2.45) is 0 Å². The number of hydrogen-bond acceptors (Lipinski definition) is 3. The summed E-state index contributed by atoms with van der Waals surface area (Å²) >= 11 is 1.83. The highest BCUT2D eigenvalue weighted by atomic mass is 32.1. The van der Waals surface area contributed by atoms with Crippen LogP contribution in [-0.4, -0.2) is 9.97 Å². The van der Waals surface area contributed by atoms with E-state index < -0.39 is 0 Å². The fourth-order valence-electron chi connectivity index (χ4n) is 4.21. The van der Waals surface area contributed by atoms with Gasteiger partial charge in [0.1, 0.15) is 5.82 Å². The maximum atomic E-state index is 4.75. The van der Waals surface area contributed by atoms with Crippen molar-refractivity contribution in [1.29, 1.82) is 0 Å². The second kappa shape index (κ2) is 7.70. The third kappa shape index (κ3) is 3.37. The fourth-order valence-corrected chi connectivity index (χ4v) is 5.36. The summed E-state index contributed by atoms with van der Waals surface area (Å²) in [5.74, 6) is 0.779. The molecule has 0 radical (unpaired) electrons.